The highest BCUT2D eigenvalue weighted by Gasteiger charge is 2.57. The van der Waals surface area contributed by atoms with Gasteiger partial charge in [0, 0.05) is 18.0 Å². The van der Waals surface area contributed by atoms with E-state index < -0.39 is 11.1 Å². The van der Waals surface area contributed by atoms with Crippen LogP contribution in [0.5, 0.6) is 0 Å². The standard InChI is InChI=1S/C30H50N2O3/c1-7-29(5,26(33)21(3)4)31-24-19-15-11-9-13-17-22(24)27(34)30(6,8-2)32-25-20-16-12-10-14-18-23(25)28(32)35/h22-25,31H,3,7-20H2,1-2,4-6H3. The second kappa shape index (κ2) is 11.7. The molecular weight excluding hydrogens is 436 g/mol. The Morgan fingerprint density at radius 2 is 1.49 bits per heavy atom. The first-order chi connectivity index (χ1) is 16.6. The molecule has 0 aromatic rings. The average Bonchev–Trinajstić information content (AvgIpc) is 2.81. The number of carbonyl (C=O) groups is 3. The molecule has 3 aliphatic rings. The number of carbonyl (C=O) groups excluding carboxylic acids is 3. The molecule has 2 aliphatic carbocycles. The highest BCUT2D eigenvalue weighted by Crippen LogP contribution is 2.44. The Bertz CT molecular complexity index is 807. The van der Waals surface area contributed by atoms with Crippen LogP contribution in [0, 0.1) is 11.8 Å². The lowest BCUT2D eigenvalue weighted by molar-refractivity contribution is -0.176. The van der Waals surface area contributed by atoms with E-state index in [1.165, 1.54) is 12.8 Å². The lowest BCUT2D eigenvalue weighted by atomic mass is 9.69. The number of fused-ring (bicyclic) bond motifs is 1. The molecular formula is C30H50N2O3. The van der Waals surface area contributed by atoms with Gasteiger partial charge in [0.15, 0.2) is 11.6 Å². The number of β-lactam (4-membered cyclic amide) rings is 1. The summed E-state index contributed by atoms with van der Waals surface area (Å²) in [5.41, 5.74) is -0.952. The zero-order valence-electron chi connectivity index (χ0n) is 23.1. The van der Waals surface area contributed by atoms with Crippen LogP contribution in [-0.4, -0.2) is 45.5 Å². The third-order valence-corrected chi connectivity index (χ3v) is 9.57. The third-order valence-electron chi connectivity index (χ3n) is 9.57. The molecule has 6 atom stereocenters. The zero-order valence-corrected chi connectivity index (χ0v) is 23.1. The third kappa shape index (κ3) is 5.60. The number of ketones is 2. The van der Waals surface area contributed by atoms with E-state index in [2.05, 4.69) is 18.8 Å². The number of Topliss-reactive ketones (excluding diaryl/α,β-unsaturated/α-hetero) is 2. The summed E-state index contributed by atoms with van der Waals surface area (Å²) in [6.45, 7) is 13.7. The van der Waals surface area contributed by atoms with Crippen LogP contribution in [0.4, 0.5) is 0 Å². The Labute approximate surface area is 213 Å². The van der Waals surface area contributed by atoms with Gasteiger partial charge in [0.05, 0.1) is 17.0 Å². The molecule has 5 heteroatoms. The van der Waals surface area contributed by atoms with Gasteiger partial charge in [-0.15, -0.1) is 0 Å². The van der Waals surface area contributed by atoms with Crippen molar-refractivity contribution in [3.63, 3.8) is 0 Å². The number of nitrogens with zero attached hydrogens (tertiary/aromatic N) is 1. The van der Waals surface area contributed by atoms with Crippen LogP contribution in [-0.2, 0) is 14.4 Å². The minimum atomic E-state index is -0.776. The SMILES string of the molecule is C=C(C)C(=O)C(C)(CC)NC1CCCCCCC1C(=O)C(C)(CC)N1C(=O)C2CCCCCCC21. The van der Waals surface area contributed by atoms with E-state index in [4.69, 9.17) is 0 Å². The van der Waals surface area contributed by atoms with E-state index in [-0.39, 0.29) is 41.4 Å². The van der Waals surface area contributed by atoms with Crippen LogP contribution >= 0.6 is 0 Å². The number of hydrogen-bond acceptors (Lipinski definition) is 4. The molecule has 1 saturated heterocycles. The van der Waals surface area contributed by atoms with Crippen LogP contribution in [0.2, 0.25) is 0 Å². The van der Waals surface area contributed by atoms with Crippen LogP contribution < -0.4 is 5.32 Å². The summed E-state index contributed by atoms with van der Waals surface area (Å²) >= 11 is 0. The lowest BCUT2D eigenvalue weighted by Gasteiger charge is -2.57. The molecule has 3 rings (SSSR count). The first-order valence-electron chi connectivity index (χ1n) is 14.5. The van der Waals surface area contributed by atoms with Crippen LogP contribution in [0.15, 0.2) is 12.2 Å². The fraction of sp³-hybridized carbons (Fsp3) is 0.833. The quantitative estimate of drug-likeness (QED) is 0.314. The minimum Gasteiger partial charge on any atom is -0.326 e. The summed E-state index contributed by atoms with van der Waals surface area (Å²) in [6.07, 6.45) is 14.1. The molecule has 3 fully saturated rings. The van der Waals surface area contributed by atoms with Crippen molar-refractivity contribution >= 4 is 17.5 Å². The summed E-state index contributed by atoms with van der Waals surface area (Å²) in [5, 5.41) is 3.68. The second-order valence-corrected chi connectivity index (χ2v) is 12.0. The van der Waals surface area contributed by atoms with Gasteiger partial charge in [0.1, 0.15) is 0 Å². The van der Waals surface area contributed by atoms with E-state index in [9.17, 15) is 14.4 Å². The van der Waals surface area contributed by atoms with Crippen molar-refractivity contribution in [1.82, 2.24) is 10.2 Å². The number of nitrogens with one attached hydrogen (secondary N) is 1. The first-order valence-corrected chi connectivity index (χ1v) is 14.5. The Morgan fingerprint density at radius 1 is 0.914 bits per heavy atom. The van der Waals surface area contributed by atoms with Crippen molar-refractivity contribution in [3.8, 4) is 0 Å². The van der Waals surface area contributed by atoms with Crippen LogP contribution in [0.1, 0.15) is 125 Å². The second-order valence-electron chi connectivity index (χ2n) is 12.0. The van der Waals surface area contributed by atoms with E-state index in [1.807, 2.05) is 25.7 Å². The predicted octanol–water partition coefficient (Wildman–Crippen LogP) is 6.15. The molecule has 35 heavy (non-hydrogen) atoms. The smallest absolute Gasteiger partial charge is 0.228 e. The molecule has 0 bridgehead atoms. The van der Waals surface area contributed by atoms with Gasteiger partial charge in [-0.3, -0.25) is 14.4 Å². The van der Waals surface area contributed by atoms with Crippen LogP contribution in [0.3, 0.4) is 0 Å². The molecule has 5 nitrogen and oxygen atoms in total. The topological polar surface area (TPSA) is 66.5 Å². The van der Waals surface area contributed by atoms with Gasteiger partial charge >= 0.3 is 0 Å². The van der Waals surface area contributed by atoms with Gasteiger partial charge in [0.25, 0.3) is 0 Å². The molecule has 198 valence electrons. The van der Waals surface area contributed by atoms with Gasteiger partial charge in [-0.25, -0.2) is 0 Å². The van der Waals surface area contributed by atoms with Crippen LogP contribution in [0.25, 0.3) is 0 Å². The summed E-state index contributed by atoms with van der Waals surface area (Å²) < 4.78 is 0. The van der Waals surface area contributed by atoms with Gasteiger partial charge in [-0.2, -0.15) is 0 Å². The van der Waals surface area contributed by atoms with Crippen molar-refractivity contribution in [2.24, 2.45) is 11.8 Å². The maximum absolute atomic E-state index is 14.5. The summed E-state index contributed by atoms with van der Waals surface area (Å²) in [7, 11) is 0. The lowest BCUT2D eigenvalue weighted by Crippen LogP contribution is -2.72. The minimum absolute atomic E-state index is 0.0294. The Kier molecular flexibility index (Phi) is 9.39. The fourth-order valence-corrected chi connectivity index (χ4v) is 6.97. The maximum Gasteiger partial charge on any atom is 0.228 e. The van der Waals surface area contributed by atoms with Crippen molar-refractivity contribution in [2.75, 3.05) is 0 Å². The Hall–Kier alpha value is -1.49. The van der Waals surface area contributed by atoms with Gasteiger partial charge in [-0.05, 0) is 64.9 Å². The number of hydrogen-bond donors (Lipinski definition) is 1. The van der Waals surface area contributed by atoms with Gasteiger partial charge < -0.3 is 10.2 Å². The molecule has 0 aromatic carbocycles. The van der Waals surface area contributed by atoms with E-state index in [0.717, 1.165) is 64.2 Å². The monoisotopic (exact) mass is 486 g/mol. The molecule has 1 heterocycles. The normalized spacial score (nSPS) is 31.3. The van der Waals surface area contributed by atoms with Crippen molar-refractivity contribution < 1.29 is 14.4 Å². The molecule has 0 radical (unpaired) electrons. The van der Waals surface area contributed by atoms with E-state index in [1.54, 1.807) is 6.92 Å². The molecule has 1 N–H and O–H groups in total. The van der Waals surface area contributed by atoms with Gasteiger partial charge in [-0.1, -0.05) is 71.8 Å². The Morgan fingerprint density at radius 3 is 2.06 bits per heavy atom. The van der Waals surface area contributed by atoms with Crippen molar-refractivity contribution in [3.05, 3.63) is 12.2 Å². The van der Waals surface area contributed by atoms with Crippen molar-refractivity contribution in [2.45, 2.75) is 148 Å². The summed E-state index contributed by atoms with van der Waals surface area (Å²) in [6, 6.07) is 0.147. The maximum atomic E-state index is 14.5. The fourth-order valence-electron chi connectivity index (χ4n) is 6.97. The number of amides is 1. The van der Waals surface area contributed by atoms with Crippen molar-refractivity contribution in [1.29, 1.82) is 0 Å². The zero-order chi connectivity index (χ0) is 25.8. The van der Waals surface area contributed by atoms with E-state index in [0.29, 0.717) is 18.4 Å². The number of likely N-dealkylation sites (tertiary alicyclic amines) is 1. The summed E-state index contributed by atoms with van der Waals surface area (Å²) in [5.74, 6) is 0.346. The average molecular weight is 487 g/mol. The highest BCUT2D eigenvalue weighted by molar-refractivity contribution is 6.01. The van der Waals surface area contributed by atoms with E-state index >= 15 is 0 Å². The Balaban J connectivity index is 1.90. The first kappa shape index (κ1) is 28.1. The molecule has 6 unspecified atom stereocenters. The van der Waals surface area contributed by atoms with Gasteiger partial charge in [0.2, 0.25) is 5.91 Å². The molecule has 1 amide bonds. The summed E-state index contributed by atoms with van der Waals surface area (Å²) in [4.78, 5) is 43.0. The predicted molar refractivity (Wildman–Crippen MR) is 142 cm³/mol. The molecule has 2 saturated carbocycles. The largest absolute Gasteiger partial charge is 0.326 e. The molecule has 1 aliphatic heterocycles. The molecule has 0 aromatic heterocycles. The number of rotatable bonds is 9. The molecule has 0 spiro atoms. The highest BCUT2D eigenvalue weighted by atomic mass is 16.2.